The van der Waals surface area contributed by atoms with Crippen molar-refractivity contribution in [3.63, 3.8) is 0 Å². The SMILES string of the molecule is CC(CCCO)NC(=O)c1csc(C(C)N)n1. The van der Waals surface area contributed by atoms with Gasteiger partial charge in [0.15, 0.2) is 0 Å². The van der Waals surface area contributed by atoms with E-state index in [1.807, 2.05) is 13.8 Å². The van der Waals surface area contributed by atoms with E-state index < -0.39 is 0 Å². The number of hydrogen-bond donors (Lipinski definition) is 3. The molecule has 0 fully saturated rings. The standard InChI is InChI=1S/C11H19N3O2S/c1-7(4-3-5-15)13-10(16)9-6-17-11(14-9)8(2)12/h6-8,15H,3-5,12H2,1-2H3,(H,13,16). The molecule has 96 valence electrons. The zero-order chi connectivity index (χ0) is 12.8. The van der Waals surface area contributed by atoms with Gasteiger partial charge in [-0.25, -0.2) is 4.98 Å². The van der Waals surface area contributed by atoms with Gasteiger partial charge in [0.25, 0.3) is 5.91 Å². The fourth-order valence-corrected chi connectivity index (χ4v) is 2.13. The van der Waals surface area contributed by atoms with E-state index >= 15 is 0 Å². The number of nitrogens with two attached hydrogens (primary N) is 1. The summed E-state index contributed by atoms with van der Waals surface area (Å²) in [6.07, 6.45) is 1.44. The fraction of sp³-hybridized carbons (Fsp3) is 0.636. The number of rotatable bonds is 6. The first kappa shape index (κ1) is 14.1. The largest absolute Gasteiger partial charge is 0.396 e. The summed E-state index contributed by atoms with van der Waals surface area (Å²) < 4.78 is 0. The Morgan fingerprint density at radius 2 is 2.35 bits per heavy atom. The molecule has 1 aromatic heterocycles. The van der Waals surface area contributed by atoms with Crippen molar-refractivity contribution in [3.8, 4) is 0 Å². The predicted molar refractivity (Wildman–Crippen MR) is 68.0 cm³/mol. The van der Waals surface area contributed by atoms with Crippen molar-refractivity contribution >= 4 is 17.2 Å². The van der Waals surface area contributed by atoms with Crippen LogP contribution in [0.1, 0.15) is 48.2 Å². The minimum atomic E-state index is -0.182. The van der Waals surface area contributed by atoms with Crippen molar-refractivity contribution in [2.45, 2.75) is 38.8 Å². The topological polar surface area (TPSA) is 88.2 Å². The van der Waals surface area contributed by atoms with Crippen LogP contribution in [-0.2, 0) is 0 Å². The van der Waals surface area contributed by atoms with Gasteiger partial charge in [0.05, 0.1) is 6.04 Å². The van der Waals surface area contributed by atoms with E-state index in [9.17, 15) is 4.79 Å². The van der Waals surface area contributed by atoms with Gasteiger partial charge in [-0.3, -0.25) is 4.79 Å². The van der Waals surface area contributed by atoms with Crippen molar-refractivity contribution in [3.05, 3.63) is 16.1 Å². The number of carbonyl (C=O) groups excluding carboxylic acids is 1. The molecule has 1 rings (SSSR count). The van der Waals surface area contributed by atoms with Crippen LogP contribution in [0.3, 0.4) is 0 Å². The summed E-state index contributed by atoms with van der Waals surface area (Å²) in [4.78, 5) is 16.0. The molecule has 1 aromatic rings. The Balaban J connectivity index is 2.51. The highest BCUT2D eigenvalue weighted by Gasteiger charge is 2.14. The summed E-state index contributed by atoms with van der Waals surface area (Å²) in [6.45, 7) is 3.89. The van der Waals surface area contributed by atoms with Gasteiger partial charge in [-0.05, 0) is 26.7 Å². The fourth-order valence-electron chi connectivity index (χ4n) is 1.37. The zero-order valence-electron chi connectivity index (χ0n) is 10.1. The number of thiazole rings is 1. The van der Waals surface area contributed by atoms with E-state index in [2.05, 4.69) is 10.3 Å². The van der Waals surface area contributed by atoms with Crippen LogP contribution < -0.4 is 11.1 Å². The van der Waals surface area contributed by atoms with Gasteiger partial charge >= 0.3 is 0 Å². The Morgan fingerprint density at radius 1 is 1.65 bits per heavy atom. The summed E-state index contributed by atoms with van der Waals surface area (Å²) in [7, 11) is 0. The summed E-state index contributed by atoms with van der Waals surface area (Å²) in [5.74, 6) is -0.182. The highest BCUT2D eigenvalue weighted by Crippen LogP contribution is 2.15. The summed E-state index contributed by atoms with van der Waals surface area (Å²) in [5.41, 5.74) is 6.10. The third-order valence-electron chi connectivity index (χ3n) is 2.32. The average molecular weight is 257 g/mol. The normalized spacial score (nSPS) is 14.4. The molecule has 5 nitrogen and oxygen atoms in total. The quantitative estimate of drug-likeness (QED) is 0.711. The molecule has 4 N–H and O–H groups in total. The Bertz CT molecular complexity index is 365. The lowest BCUT2D eigenvalue weighted by molar-refractivity contribution is 0.0932. The van der Waals surface area contributed by atoms with E-state index in [0.29, 0.717) is 12.1 Å². The first-order valence-electron chi connectivity index (χ1n) is 5.67. The predicted octanol–water partition coefficient (Wildman–Crippen LogP) is 1.05. The number of nitrogens with zero attached hydrogens (tertiary/aromatic N) is 1. The zero-order valence-corrected chi connectivity index (χ0v) is 11.0. The first-order valence-corrected chi connectivity index (χ1v) is 6.55. The van der Waals surface area contributed by atoms with Gasteiger partial charge in [-0.1, -0.05) is 0 Å². The van der Waals surface area contributed by atoms with Crippen LogP contribution in [0.2, 0.25) is 0 Å². The van der Waals surface area contributed by atoms with Gasteiger partial charge in [0.2, 0.25) is 0 Å². The van der Waals surface area contributed by atoms with Crippen molar-refractivity contribution in [2.75, 3.05) is 6.61 Å². The second-order valence-electron chi connectivity index (χ2n) is 4.10. The minimum Gasteiger partial charge on any atom is -0.396 e. The van der Waals surface area contributed by atoms with Crippen LogP contribution in [0.15, 0.2) is 5.38 Å². The summed E-state index contributed by atoms with van der Waals surface area (Å²) in [6, 6.07) is -0.108. The van der Waals surface area contributed by atoms with Crippen LogP contribution in [0.25, 0.3) is 0 Å². The maximum Gasteiger partial charge on any atom is 0.270 e. The molecule has 0 spiro atoms. The van der Waals surface area contributed by atoms with Gasteiger partial charge in [0.1, 0.15) is 10.7 Å². The molecule has 0 aliphatic heterocycles. The molecule has 17 heavy (non-hydrogen) atoms. The Labute approximate surface area is 105 Å². The molecule has 0 aromatic carbocycles. The van der Waals surface area contributed by atoms with E-state index in [0.717, 1.165) is 11.4 Å². The number of aliphatic hydroxyl groups is 1. The number of aliphatic hydroxyl groups excluding tert-OH is 1. The number of aromatic nitrogens is 1. The van der Waals surface area contributed by atoms with E-state index in [-0.39, 0.29) is 24.6 Å². The third-order valence-corrected chi connectivity index (χ3v) is 3.36. The molecule has 2 atom stereocenters. The Morgan fingerprint density at radius 3 is 2.88 bits per heavy atom. The van der Waals surface area contributed by atoms with Crippen molar-refractivity contribution in [2.24, 2.45) is 5.73 Å². The highest BCUT2D eigenvalue weighted by atomic mass is 32.1. The molecule has 6 heteroatoms. The highest BCUT2D eigenvalue weighted by molar-refractivity contribution is 7.09. The third kappa shape index (κ3) is 4.41. The average Bonchev–Trinajstić information content (AvgIpc) is 2.75. The van der Waals surface area contributed by atoms with Crippen molar-refractivity contribution < 1.29 is 9.90 Å². The van der Waals surface area contributed by atoms with Crippen molar-refractivity contribution in [1.82, 2.24) is 10.3 Å². The van der Waals surface area contributed by atoms with E-state index in [4.69, 9.17) is 10.8 Å². The van der Waals surface area contributed by atoms with Gasteiger partial charge < -0.3 is 16.2 Å². The molecule has 0 bridgehead atoms. The Kier molecular flexibility index (Phi) is 5.54. The van der Waals surface area contributed by atoms with E-state index in [1.54, 1.807) is 5.38 Å². The number of hydrogen-bond acceptors (Lipinski definition) is 5. The van der Waals surface area contributed by atoms with Gasteiger partial charge in [-0.15, -0.1) is 11.3 Å². The molecule has 0 saturated heterocycles. The molecule has 0 saturated carbocycles. The lowest BCUT2D eigenvalue weighted by Crippen LogP contribution is -2.32. The maximum absolute atomic E-state index is 11.8. The summed E-state index contributed by atoms with van der Waals surface area (Å²) >= 11 is 1.39. The van der Waals surface area contributed by atoms with Gasteiger partial charge in [-0.2, -0.15) is 0 Å². The smallest absolute Gasteiger partial charge is 0.270 e. The lowest BCUT2D eigenvalue weighted by Gasteiger charge is -2.11. The molecular weight excluding hydrogens is 238 g/mol. The van der Waals surface area contributed by atoms with E-state index in [1.165, 1.54) is 11.3 Å². The molecule has 0 aliphatic rings. The molecule has 0 radical (unpaired) electrons. The first-order chi connectivity index (χ1) is 8.04. The minimum absolute atomic E-state index is 0.0371. The number of amides is 1. The summed E-state index contributed by atoms with van der Waals surface area (Å²) in [5, 5.41) is 14.0. The second kappa shape index (κ2) is 6.68. The lowest BCUT2D eigenvalue weighted by atomic mass is 10.2. The van der Waals surface area contributed by atoms with Gasteiger partial charge in [0, 0.05) is 18.0 Å². The second-order valence-corrected chi connectivity index (χ2v) is 4.99. The van der Waals surface area contributed by atoms with Crippen LogP contribution in [0.5, 0.6) is 0 Å². The van der Waals surface area contributed by atoms with Crippen molar-refractivity contribution in [1.29, 1.82) is 0 Å². The molecule has 1 heterocycles. The van der Waals surface area contributed by atoms with Crippen LogP contribution in [0.4, 0.5) is 0 Å². The van der Waals surface area contributed by atoms with Crippen LogP contribution in [0, 0.1) is 0 Å². The maximum atomic E-state index is 11.8. The monoisotopic (exact) mass is 257 g/mol. The molecule has 2 unspecified atom stereocenters. The van der Waals surface area contributed by atoms with Crippen LogP contribution in [-0.4, -0.2) is 28.6 Å². The van der Waals surface area contributed by atoms with Crippen LogP contribution >= 0.6 is 11.3 Å². The Hall–Kier alpha value is -0.980. The molecular formula is C11H19N3O2S. The number of nitrogens with one attached hydrogen (secondary N) is 1. The molecule has 0 aliphatic carbocycles. The number of carbonyl (C=O) groups is 1. The molecule has 1 amide bonds.